The third-order valence-corrected chi connectivity index (χ3v) is 3.77. The molecule has 1 aromatic rings. The highest BCUT2D eigenvalue weighted by molar-refractivity contribution is 5.87. The van der Waals surface area contributed by atoms with Crippen molar-refractivity contribution in [3.8, 4) is 0 Å². The number of aromatic carboxylic acids is 1. The maximum atomic E-state index is 11.9. The number of rotatable bonds is 4. The molecule has 2 rings (SSSR count). The summed E-state index contributed by atoms with van der Waals surface area (Å²) in [5.74, 6) is -0.379. The normalized spacial score (nSPS) is 22.2. The summed E-state index contributed by atoms with van der Waals surface area (Å²) in [5, 5.41) is 11.9. The number of hydrogen-bond acceptors (Lipinski definition) is 2. The van der Waals surface area contributed by atoms with E-state index in [0.717, 1.165) is 12.0 Å². The molecule has 2 unspecified atom stereocenters. The Hall–Kier alpha value is -1.84. The molecule has 0 bridgehead atoms. The molecule has 4 nitrogen and oxygen atoms in total. The zero-order valence-corrected chi connectivity index (χ0v) is 11.1. The Labute approximate surface area is 112 Å². The Morgan fingerprint density at radius 3 is 2.47 bits per heavy atom. The second-order valence-corrected chi connectivity index (χ2v) is 5.26. The van der Waals surface area contributed by atoms with Gasteiger partial charge in [0.05, 0.1) is 12.0 Å². The largest absolute Gasteiger partial charge is 0.478 e. The Morgan fingerprint density at radius 1 is 1.26 bits per heavy atom. The topological polar surface area (TPSA) is 66.4 Å². The van der Waals surface area contributed by atoms with Crippen LogP contribution >= 0.6 is 0 Å². The zero-order valence-electron chi connectivity index (χ0n) is 11.1. The molecule has 1 fully saturated rings. The fraction of sp³-hybridized carbons (Fsp3) is 0.467. The van der Waals surface area contributed by atoms with Crippen molar-refractivity contribution in [1.82, 2.24) is 5.32 Å². The molecule has 0 heterocycles. The lowest BCUT2D eigenvalue weighted by Gasteiger charge is -2.17. The predicted molar refractivity (Wildman–Crippen MR) is 72.1 cm³/mol. The third-order valence-electron chi connectivity index (χ3n) is 3.77. The fourth-order valence-electron chi connectivity index (χ4n) is 2.57. The van der Waals surface area contributed by atoms with Gasteiger partial charge in [-0.3, -0.25) is 4.79 Å². The number of carboxylic acid groups (broad SMARTS) is 1. The minimum atomic E-state index is -0.948. The molecule has 0 spiro atoms. The number of amides is 1. The van der Waals surface area contributed by atoms with Crippen LogP contribution < -0.4 is 5.32 Å². The smallest absolute Gasteiger partial charge is 0.335 e. The Balaban J connectivity index is 1.89. The minimum absolute atomic E-state index is 0.0156. The monoisotopic (exact) mass is 261 g/mol. The number of carboxylic acids is 1. The summed E-state index contributed by atoms with van der Waals surface area (Å²) in [7, 11) is 0. The van der Waals surface area contributed by atoms with Crippen molar-refractivity contribution in [1.29, 1.82) is 0 Å². The van der Waals surface area contributed by atoms with Crippen molar-refractivity contribution < 1.29 is 14.7 Å². The second kappa shape index (κ2) is 5.87. The molecule has 19 heavy (non-hydrogen) atoms. The maximum absolute atomic E-state index is 11.9. The van der Waals surface area contributed by atoms with E-state index in [-0.39, 0.29) is 11.5 Å². The van der Waals surface area contributed by atoms with E-state index in [2.05, 4.69) is 12.2 Å². The molecule has 0 aliphatic heterocycles. The van der Waals surface area contributed by atoms with Crippen LogP contribution in [0.2, 0.25) is 0 Å². The van der Waals surface area contributed by atoms with Crippen molar-refractivity contribution in [2.75, 3.05) is 0 Å². The van der Waals surface area contributed by atoms with Crippen molar-refractivity contribution in [2.45, 2.75) is 38.6 Å². The van der Waals surface area contributed by atoms with Crippen LogP contribution in [0.25, 0.3) is 0 Å². The van der Waals surface area contributed by atoms with E-state index in [9.17, 15) is 9.59 Å². The van der Waals surface area contributed by atoms with Crippen LogP contribution in [0.1, 0.15) is 42.1 Å². The summed E-state index contributed by atoms with van der Waals surface area (Å²) < 4.78 is 0. The Kier molecular flexibility index (Phi) is 4.20. The molecule has 1 saturated carbocycles. The first-order chi connectivity index (χ1) is 9.06. The van der Waals surface area contributed by atoms with Gasteiger partial charge in [-0.25, -0.2) is 4.79 Å². The number of carbonyl (C=O) groups excluding carboxylic acids is 1. The Bertz CT molecular complexity index is 467. The molecule has 1 amide bonds. The summed E-state index contributed by atoms with van der Waals surface area (Å²) in [6.45, 7) is 2.17. The average molecular weight is 261 g/mol. The van der Waals surface area contributed by atoms with Gasteiger partial charge in [-0.1, -0.05) is 25.5 Å². The van der Waals surface area contributed by atoms with Crippen molar-refractivity contribution in [3.05, 3.63) is 35.4 Å². The molecule has 1 aliphatic rings. The molecule has 2 N–H and O–H groups in total. The van der Waals surface area contributed by atoms with Gasteiger partial charge >= 0.3 is 5.97 Å². The summed E-state index contributed by atoms with van der Waals surface area (Å²) in [6, 6.07) is 6.75. The van der Waals surface area contributed by atoms with Crippen LogP contribution in [0, 0.1) is 5.92 Å². The van der Waals surface area contributed by atoms with Crippen LogP contribution in [0.4, 0.5) is 0 Å². The van der Waals surface area contributed by atoms with E-state index in [1.165, 1.54) is 25.0 Å². The van der Waals surface area contributed by atoms with Gasteiger partial charge in [-0.2, -0.15) is 0 Å². The van der Waals surface area contributed by atoms with E-state index in [0.29, 0.717) is 18.4 Å². The van der Waals surface area contributed by atoms with Gasteiger partial charge in [0.15, 0.2) is 0 Å². The first-order valence-electron chi connectivity index (χ1n) is 6.68. The standard InChI is InChI=1S/C15H19NO3/c1-10-3-2-4-13(10)16-14(17)9-11-5-7-12(8-6-11)15(18)19/h5-8,10,13H,2-4,9H2,1H3,(H,16,17)(H,18,19). The molecule has 0 aromatic heterocycles. The fourth-order valence-corrected chi connectivity index (χ4v) is 2.57. The summed E-state index contributed by atoms with van der Waals surface area (Å²) in [5.41, 5.74) is 1.08. The van der Waals surface area contributed by atoms with Crippen molar-refractivity contribution >= 4 is 11.9 Å². The lowest BCUT2D eigenvalue weighted by molar-refractivity contribution is -0.121. The lowest BCUT2D eigenvalue weighted by Crippen LogP contribution is -2.37. The van der Waals surface area contributed by atoms with Gasteiger partial charge in [0.2, 0.25) is 5.91 Å². The first kappa shape index (κ1) is 13.6. The number of benzene rings is 1. The highest BCUT2D eigenvalue weighted by Gasteiger charge is 2.24. The molecule has 1 aromatic carbocycles. The van der Waals surface area contributed by atoms with Gasteiger partial charge in [-0.15, -0.1) is 0 Å². The van der Waals surface area contributed by atoms with E-state index in [4.69, 9.17) is 5.11 Å². The van der Waals surface area contributed by atoms with Crippen molar-refractivity contribution in [2.24, 2.45) is 5.92 Å². The van der Waals surface area contributed by atoms with Crippen LogP contribution in [-0.4, -0.2) is 23.0 Å². The molecule has 0 saturated heterocycles. The molecule has 0 radical (unpaired) electrons. The minimum Gasteiger partial charge on any atom is -0.478 e. The number of nitrogens with one attached hydrogen (secondary N) is 1. The van der Waals surface area contributed by atoms with Gasteiger partial charge in [0, 0.05) is 6.04 Å². The molecular weight excluding hydrogens is 242 g/mol. The highest BCUT2D eigenvalue weighted by Crippen LogP contribution is 2.24. The van der Waals surface area contributed by atoms with Crippen molar-refractivity contribution in [3.63, 3.8) is 0 Å². The van der Waals surface area contributed by atoms with Crippen LogP contribution in [-0.2, 0) is 11.2 Å². The van der Waals surface area contributed by atoms with E-state index >= 15 is 0 Å². The first-order valence-corrected chi connectivity index (χ1v) is 6.68. The maximum Gasteiger partial charge on any atom is 0.335 e. The summed E-state index contributed by atoms with van der Waals surface area (Å²) in [6.07, 6.45) is 3.73. The third kappa shape index (κ3) is 3.56. The van der Waals surface area contributed by atoms with E-state index in [1.54, 1.807) is 12.1 Å². The summed E-state index contributed by atoms with van der Waals surface area (Å²) >= 11 is 0. The van der Waals surface area contributed by atoms with Crippen LogP contribution in [0.15, 0.2) is 24.3 Å². The van der Waals surface area contributed by atoms with Crippen LogP contribution in [0.5, 0.6) is 0 Å². The van der Waals surface area contributed by atoms with Gasteiger partial charge in [0.1, 0.15) is 0 Å². The van der Waals surface area contributed by atoms with Crippen LogP contribution in [0.3, 0.4) is 0 Å². The Morgan fingerprint density at radius 2 is 1.95 bits per heavy atom. The molecule has 4 heteroatoms. The summed E-state index contributed by atoms with van der Waals surface area (Å²) in [4.78, 5) is 22.6. The number of hydrogen-bond donors (Lipinski definition) is 2. The molecule has 2 atom stereocenters. The molecular formula is C15H19NO3. The molecule has 102 valence electrons. The zero-order chi connectivity index (χ0) is 13.8. The SMILES string of the molecule is CC1CCCC1NC(=O)Cc1ccc(C(=O)O)cc1. The quantitative estimate of drug-likeness (QED) is 0.873. The van der Waals surface area contributed by atoms with E-state index < -0.39 is 5.97 Å². The van der Waals surface area contributed by atoms with Gasteiger partial charge < -0.3 is 10.4 Å². The van der Waals surface area contributed by atoms with Gasteiger partial charge in [-0.05, 0) is 36.5 Å². The van der Waals surface area contributed by atoms with Gasteiger partial charge in [0.25, 0.3) is 0 Å². The highest BCUT2D eigenvalue weighted by atomic mass is 16.4. The lowest BCUT2D eigenvalue weighted by atomic mass is 10.1. The average Bonchev–Trinajstić information content (AvgIpc) is 2.75. The second-order valence-electron chi connectivity index (χ2n) is 5.26. The molecule has 1 aliphatic carbocycles. The number of carbonyl (C=O) groups is 2. The predicted octanol–water partition coefficient (Wildman–Crippen LogP) is 2.23. The van der Waals surface area contributed by atoms with E-state index in [1.807, 2.05) is 0 Å².